The molecule has 3 aromatic rings. The maximum atomic E-state index is 11.7. The second-order valence-electron chi connectivity index (χ2n) is 4.56. The van der Waals surface area contributed by atoms with Crippen molar-refractivity contribution in [3.63, 3.8) is 0 Å². The van der Waals surface area contributed by atoms with Gasteiger partial charge >= 0.3 is 0 Å². The number of hydrogen-bond donors (Lipinski definition) is 1. The summed E-state index contributed by atoms with van der Waals surface area (Å²) in [6.07, 6.45) is 10.3. The molecule has 2 aromatic heterocycles. The number of carbonyl (C=O) groups is 1. The minimum Gasteiger partial charge on any atom is -0.348 e. The number of imidazole rings is 1. The summed E-state index contributed by atoms with van der Waals surface area (Å²) in [7, 11) is 0. The van der Waals surface area contributed by atoms with E-state index in [0.717, 1.165) is 16.3 Å². The monoisotopic (exact) mass is 310 g/mol. The van der Waals surface area contributed by atoms with E-state index < -0.39 is 0 Å². The van der Waals surface area contributed by atoms with Crippen molar-refractivity contribution in [1.29, 1.82) is 0 Å². The van der Waals surface area contributed by atoms with Crippen molar-refractivity contribution in [1.82, 2.24) is 19.9 Å². The van der Waals surface area contributed by atoms with Crippen LogP contribution < -0.4 is 5.32 Å². The number of aromatic nitrogens is 3. The Balaban J connectivity index is 1.54. The second-order valence-corrected chi connectivity index (χ2v) is 5.48. The Hall–Kier alpha value is -2.73. The smallest absolute Gasteiger partial charge is 0.244 e. The molecule has 0 saturated heterocycles. The van der Waals surface area contributed by atoms with Gasteiger partial charge in [-0.3, -0.25) is 4.79 Å². The molecule has 0 spiro atoms. The van der Waals surface area contributed by atoms with Gasteiger partial charge in [0.25, 0.3) is 0 Å². The van der Waals surface area contributed by atoms with Crippen LogP contribution in [0.15, 0.2) is 60.6 Å². The Morgan fingerprint density at radius 1 is 1.27 bits per heavy atom. The number of rotatable bonds is 5. The minimum atomic E-state index is -0.131. The average Bonchev–Trinajstić information content (AvgIpc) is 3.24. The summed E-state index contributed by atoms with van der Waals surface area (Å²) in [6.45, 7) is 0.491. The number of hydrogen-bond acceptors (Lipinski definition) is 4. The van der Waals surface area contributed by atoms with Gasteiger partial charge in [0.15, 0.2) is 0 Å². The summed E-state index contributed by atoms with van der Waals surface area (Å²) in [5.41, 5.74) is 2.08. The van der Waals surface area contributed by atoms with E-state index in [2.05, 4.69) is 15.3 Å². The molecular weight excluding hydrogens is 296 g/mol. The highest BCUT2D eigenvalue weighted by Crippen LogP contribution is 2.09. The SMILES string of the molecule is O=C(/C=C/c1nccs1)NCc1ccc(-n2ccnc2)cc1. The van der Waals surface area contributed by atoms with E-state index in [1.807, 2.05) is 40.4 Å². The fourth-order valence-electron chi connectivity index (χ4n) is 1.91. The molecule has 3 rings (SSSR count). The first kappa shape index (κ1) is 14.2. The normalized spacial score (nSPS) is 10.9. The lowest BCUT2D eigenvalue weighted by Gasteiger charge is -2.05. The summed E-state index contributed by atoms with van der Waals surface area (Å²) in [4.78, 5) is 19.8. The molecular formula is C16H14N4OS. The van der Waals surface area contributed by atoms with E-state index >= 15 is 0 Å². The van der Waals surface area contributed by atoms with Crippen molar-refractivity contribution < 1.29 is 4.79 Å². The molecule has 0 radical (unpaired) electrons. The third kappa shape index (κ3) is 3.67. The molecule has 6 heteroatoms. The molecule has 0 aliphatic carbocycles. The van der Waals surface area contributed by atoms with Crippen LogP contribution in [0, 0.1) is 0 Å². The van der Waals surface area contributed by atoms with Gasteiger partial charge < -0.3 is 9.88 Å². The Morgan fingerprint density at radius 3 is 2.82 bits per heavy atom. The first-order valence-electron chi connectivity index (χ1n) is 6.74. The molecule has 1 N–H and O–H groups in total. The summed E-state index contributed by atoms with van der Waals surface area (Å²) >= 11 is 1.49. The first-order chi connectivity index (χ1) is 10.8. The highest BCUT2D eigenvalue weighted by Gasteiger charge is 1.99. The van der Waals surface area contributed by atoms with Crippen LogP contribution in [0.3, 0.4) is 0 Å². The maximum Gasteiger partial charge on any atom is 0.244 e. The number of amides is 1. The molecule has 1 aromatic carbocycles. The lowest BCUT2D eigenvalue weighted by atomic mass is 10.2. The van der Waals surface area contributed by atoms with Gasteiger partial charge in [0.05, 0.1) is 6.33 Å². The Kier molecular flexibility index (Phi) is 4.41. The van der Waals surface area contributed by atoms with Gasteiger partial charge in [-0.05, 0) is 23.8 Å². The number of nitrogens with zero attached hydrogens (tertiary/aromatic N) is 3. The zero-order valence-electron chi connectivity index (χ0n) is 11.7. The van der Waals surface area contributed by atoms with Gasteiger partial charge in [-0.25, -0.2) is 9.97 Å². The Morgan fingerprint density at radius 2 is 2.14 bits per heavy atom. The zero-order valence-corrected chi connectivity index (χ0v) is 12.5. The van der Waals surface area contributed by atoms with E-state index in [4.69, 9.17) is 0 Å². The van der Waals surface area contributed by atoms with Crippen molar-refractivity contribution in [3.05, 3.63) is 71.2 Å². The summed E-state index contributed by atoms with van der Waals surface area (Å²) in [5, 5.41) is 5.54. The quantitative estimate of drug-likeness (QED) is 0.737. The zero-order chi connectivity index (χ0) is 15.2. The van der Waals surface area contributed by atoms with Crippen molar-refractivity contribution in [2.24, 2.45) is 0 Å². The van der Waals surface area contributed by atoms with E-state index in [-0.39, 0.29) is 5.91 Å². The molecule has 0 aliphatic rings. The lowest BCUT2D eigenvalue weighted by Crippen LogP contribution is -2.20. The fourth-order valence-corrected chi connectivity index (χ4v) is 2.44. The lowest BCUT2D eigenvalue weighted by molar-refractivity contribution is -0.116. The summed E-state index contributed by atoms with van der Waals surface area (Å²) < 4.78 is 1.93. The van der Waals surface area contributed by atoms with Crippen LogP contribution in [-0.4, -0.2) is 20.4 Å². The molecule has 0 fully saturated rings. The van der Waals surface area contributed by atoms with Crippen molar-refractivity contribution >= 4 is 23.3 Å². The van der Waals surface area contributed by atoms with E-state index in [1.165, 1.54) is 17.4 Å². The van der Waals surface area contributed by atoms with Crippen LogP contribution in [0.2, 0.25) is 0 Å². The highest BCUT2D eigenvalue weighted by atomic mass is 32.1. The van der Waals surface area contributed by atoms with Gasteiger partial charge in [-0.1, -0.05) is 12.1 Å². The molecule has 0 unspecified atom stereocenters. The first-order valence-corrected chi connectivity index (χ1v) is 7.62. The molecule has 0 atom stereocenters. The van der Waals surface area contributed by atoms with E-state index in [1.54, 1.807) is 24.8 Å². The minimum absolute atomic E-state index is 0.131. The van der Waals surface area contributed by atoms with Crippen LogP contribution in [0.1, 0.15) is 10.6 Å². The van der Waals surface area contributed by atoms with Crippen molar-refractivity contribution in [2.75, 3.05) is 0 Å². The van der Waals surface area contributed by atoms with Gasteiger partial charge in [-0.15, -0.1) is 11.3 Å². The Bertz CT molecular complexity index is 746. The molecule has 1 amide bonds. The molecule has 5 nitrogen and oxygen atoms in total. The summed E-state index contributed by atoms with van der Waals surface area (Å²) in [5.74, 6) is -0.131. The van der Waals surface area contributed by atoms with Gasteiger partial charge in [0.2, 0.25) is 5.91 Å². The van der Waals surface area contributed by atoms with Gasteiger partial charge in [-0.2, -0.15) is 0 Å². The molecule has 22 heavy (non-hydrogen) atoms. The van der Waals surface area contributed by atoms with Crippen LogP contribution in [0.4, 0.5) is 0 Å². The third-order valence-corrected chi connectivity index (χ3v) is 3.78. The Labute approximate surface area is 132 Å². The maximum absolute atomic E-state index is 11.7. The summed E-state index contributed by atoms with van der Waals surface area (Å²) in [6, 6.07) is 7.96. The van der Waals surface area contributed by atoms with Crippen LogP contribution in [-0.2, 0) is 11.3 Å². The number of nitrogens with one attached hydrogen (secondary N) is 1. The van der Waals surface area contributed by atoms with Crippen LogP contribution in [0.25, 0.3) is 11.8 Å². The molecule has 110 valence electrons. The second kappa shape index (κ2) is 6.82. The number of benzene rings is 1. The molecule has 2 heterocycles. The largest absolute Gasteiger partial charge is 0.348 e. The number of thiazole rings is 1. The standard InChI is InChI=1S/C16H14N4OS/c21-15(5-6-16-18-8-10-22-16)19-11-13-1-3-14(4-2-13)20-9-7-17-12-20/h1-10,12H,11H2,(H,19,21)/b6-5+. The van der Waals surface area contributed by atoms with Gasteiger partial charge in [0.1, 0.15) is 5.01 Å². The molecule has 0 saturated carbocycles. The molecule has 0 bridgehead atoms. The van der Waals surface area contributed by atoms with Crippen LogP contribution >= 0.6 is 11.3 Å². The predicted octanol–water partition coefficient (Wildman–Crippen LogP) is 2.66. The third-order valence-electron chi connectivity index (χ3n) is 3.03. The fraction of sp³-hybridized carbons (Fsp3) is 0.0625. The number of carbonyl (C=O) groups excluding carboxylic acids is 1. The average molecular weight is 310 g/mol. The topological polar surface area (TPSA) is 59.8 Å². The predicted molar refractivity (Wildman–Crippen MR) is 86.6 cm³/mol. The van der Waals surface area contributed by atoms with Gasteiger partial charge in [0, 0.05) is 42.3 Å². The van der Waals surface area contributed by atoms with Crippen molar-refractivity contribution in [2.45, 2.75) is 6.54 Å². The van der Waals surface area contributed by atoms with Crippen LogP contribution in [0.5, 0.6) is 0 Å². The molecule has 0 aliphatic heterocycles. The highest BCUT2D eigenvalue weighted by molar-refractivity contribution is 7.10. The van der Waals surface area contributed by atoms with E-state index in [9.17, 15) is 4.79 Å². The van der Waals surface area contributed by atoms with E-state index in [0.29, 0.717) is 6.54 Å². The van der Waals surface area contributed by atoms with Crippen molar-refractivity contribution in [3.8, 4) is 5.69 Å².